The third-order valence-corrected chi connectivity index (χ3v) is 3.78. The van der Waals surface area contributed by atoms with E-state index in [0.717, 1.165) is 22.7 Å². The number of aromatic nitrogens is 3. The van der Waals surface area contributed by atoms with Crippen LogP contribution in [0.15, 0.2) is 30.3 Å². The third kappa shape index (κ3) is 3.53. The van der Waals surface area contributed by atoms with Crippen LogP contribution in [-0.4, -0.2) is 45.4 Å². The monoisotopic (exact) mass is 372 g/mol. The van der Waals surface area contributed by atoms with Gasteiger partial charge in [-0.2, -0.15) is 17.5 Å². The summed E-state index contributed by atoms with van der Waals surface area (Å²) in [5, 5.41) is 1.42. The summed E-state index contributed by atoms with van der Waals surface area (Å²) in [4.78, 5) is 25.8. The molecule has 0 bridgehead atoms. The lowest BCUT2D eigenvalue weighted by Gasteiger charge is -2.13. The molecule has 0 radical (unpaired) electrons. The molecule has 12 heteroatoms. The van der Waals surface area contributed by atoms with Gasteiger partial charge in [0, 0.05) is 20.3 Å². The Kier molecular flexibility index (Phi) is 4.30. The maximum atomic E-state index is 12.6. The van der Waals surface area contributed by atoms with Crippen LogP contribution in [-0.2, 0) is 4.84 Å². The number of carbonyl (C=O) groups excluding carboxylic acids is 1. The number of alkyl halides is 3. The Hall–Kier alpha value is -2.73. The molecule has 0 unspecified atom stereocenters. The van der Waals surface area contributed by atoms with Crippen LogP contribution in [0.5, 0.6) is 0 Å². The molecule has 3 rings (SSSR count). The number of nitrogens with zero attached hydrogens (tertiary/aromatic N) is 5. The molecule has 0 saturated carbocycles. The fraction of sp³-hybridized carbons (Fsp3) is 0.231. The molecule has 0 aromatic carbocycles. The lowest BCUT2D eigenvalue weighted by Crippen LogP contribution is -2.27. The number of anilines is 1. The molecule has 25 heavy (non-hydrogen) atoms. The maximum absolute atomic E-state index is 12.6. The molecule has 3 heterocycles. The molecular formula is C13H11F3N6O2S. The van der Waals surface area contributed by atoms with Gasteiger partial charge >= 0.3 is 6.18 Å². The minimum absolute atomic E-state index is 0.0269. The van der Waals surface area contributed by atoms with E-state index in [9.17, 15) is 18.0 Å². The Labute approximate surface area is 143 Å². The zero-order valence-electron chi connectivity index (χ0n) is 12.9. The highest BCUT2D eigenvalue weighted by atomic mass is 32.1. The lowest BCUT2D eigenvalue weighted by atomic mass is 10.3. The molecule has 0 saturated heterocycles. The van der Waals surface area contributed by atoms with E-state index in [4.69, 9.17) is 0 Å². The average molecular weight is 372 g/mol. The highest BCUT2D eigenvalue weighted by Crippen LogP contribution is 2.31. The third-order valence-electron chi connectivity index (χ3n) is 3.04. The summed E-state index contributed by atoms with van der Waals surface area (Å²) in [6, 6.07) is 2.99. The van der Waals surface area contributed by atoms with Crippen LogP contribution < -0.4 is 10.6 Å². The lowest BCUT2D eigenvalue weighted by molar-refractivity contribution is -0.136. The molecule has 1 amide bonds. The van der Waals surface area contributed by atoms with E-state index in [0.29, 0.717) is 16.4 Å². The van der Waals surface area contributed by atoms with Crippen molar-refractivity contribution in [2.45, 2.75) is 6.18 Å². The molecule has 8 nitrogen and oxygen atoms in total. The Morgan fingerprint density at radius 3 is 2.80 bits per heavy atom. The number of halogens is 3. The summed E-state index contributed by atoms with van der Waals surface area (Å²) in [5.74, 6) is -1.49. The molecule has 0 fully saturated rings. The number of hydrogen-bond acceptors (Lipinski definition) is 8. The number of carbonyl (C=O) groups is 1. The fourth-order valence-corrected chi connectivity index (χ4v) is 2.45. The maximum Gasteiger partial charge on any atom is 0.453 e. The number of pyridine rings is 1. The second kappa shape index (κ2) is 6.29. The van der Waals surface area contributed by atoms with E-state index < -0.39 is 11.9 Å². The number of rotatable bonds is 3. The zero-order chi connectivity index (χ0) is 18.2. The molecular weight excluding hydrogens is 361 g/mol. The van der Waals surface area contributed by atoms with Crippen molar-refractivity contribution in [2.24, 2.45) is 0 Å². The Balaban J connectivity index is 1.86. The van der Waals surface area contributed by atoms with Crippen molar-refractivity contribution in [3.05, 3.63) is 36.1 Å². The van der Waals surface area contributed by atoms with Gasteiger partial charge in [0.15, 0.2) is 5.01 Å². The van der Waals surface area contributed by atoms with Crippen molar-refractivity contribution >= 4 is 23.1 Å². The average Bonchev–Trinajstić information content (AvgIpc) is 3.23. The first-order chi connectivity index (χ1) is 11.8. The molecule has 1 aliphatic heterocycles. The van der Waals surface area contributed by atoms with Crippen LogP contribution in [0.3, 0.4) is 0 Å². The summed E-state index contributed by atoms with van der Waals surface area (Å²) >= 11 is 0.968. The highest BCUT2D eigenvalue weighted by Gasteiger charge is 2.40. The Bertz CT molecular complexity index is 835. The quantitative estimate of drug-likeness (QED) is 0.882. The summed E-state index contributed by atoms with van der Waals surface area (Å²) in [6.45, 7) is 0. The van der Waals surface area contributed by atoms with E-state index >= 15 is 0 Å². The van der Waals surface area contributed by atoms with E-state index in [1.54, 1.807) is 14.1 Å². The SMILES string of the molecule is CN(C)C(=O)c1nsc(-c2cc(N3C=C(C(F)(F)F)ON3)ccn2)n1. The molecule has 0 spiro atoms. The summed E-state index contributed by atoms with van der Waals surface area (Å²) in [6.07, 6.45) is -2.42. The first kappa shape index (κ1) is 17.1. The van der Waals surface area contributed by atoms with Gasteiger partial charge < -0.3 is 9.74 Å². The van der Waals surface area contributed by atoms with Crippen molar-refractivity contribution in [1.82, 2.24) is 24.8 Å². The minimum atomic E-state index is -4.60. The van der Waals surface area contributed by atoms with Gasteiger partial charge in [-0.1, -0.05) is 5.59 Å². The van der Waals surface area contributed by atoms with E-state index in [-0.39, 0.29) is 11.7 Å². The molecule has 2 aromatic heterocycles. The second-order valence-electron chi connectivity index (χ2n) is 5.08. The smallest absolute Gasteiger partial charge is 0.382 e. The predicted molar refractivity (Wildman–Crippen MR) is 82.0 cm³/mol. The van der Waals surface area contributed by atoms with E-state index in [1.165, 1.54) is 23.2 Å². The fourth-order valence-electron chi connectivity index (χ4n) is 1.83. The van der Waals surface area contributed by atoms with Crippen molar-refractivity contribution < 1.29 is 22.8 Å². The van der Waals surface area contributed by atoms with Crippen LogP contribution in [0, 0.1) is 0 Å². The number of allylic oxidation sites excluding steroid dienone is 1. The van der Waals surface area contributed by atoms with Crippen LogP contribution in [0.2, 0.25) is 0 Å². The molecule has 0 atom stereocenters. The number of hydrazine groups is 1. The Morgan fingerprint density at radius 1 is 1.40 bits per heavy atom. The van der Waals surface area contributed by atoms with E-state index in [1.807, 2.05) is 0 Å². The first-order valence-electron chi connectivity index (χ1n) is 6.78. The van der Waals surface area contributed by atoms with Crippen LogP contribution >= 0.6 is 11.5 Å². The number of nitrogens with one attached hydrogen (secondary N) is 1. The normalized spacial score (nSPS) is 14.3. The molecule has 2 aromatic rings. The summed E-state index contributed by atoms with van der Waals surface area (Å²) in [7, 11) is 3.15. The summed E-state index contributed by atoms with van der Waals surface area (Å²) < 4.78 is 41.8. The standard InChI is InChI=1S/C13H11F3N6O2S/c1-21(2)12(23)10-18-11(25-19-10)8-5-7(3-4-17-8)22-6-9(24-20-22)13(14,15)16/h3-6,20H,1-2H3. The largest absolute Gasteiger partial charge is 0.453 e. The Morgan fingerprint density at radius 2 is 2.16 bits per heavy atom. The van der Waals surface area contributed by atoms with E-state index in [2.05, 4.69) is 24.8 Å². The number of hydrogen-bond donors (Lipinski definition) is 1. The second-order valence-corrected chi connectivity index (χ2v) is 5.83. The minimum Gasteiger partial charge on any atom is -0.382 e. The molecule has 1 aliphatic rings. The zero-order valence-corrected chi connectivity index (χ0v) is 13.7. The molecule has 0 aliphatic carbocycles. The highest BCUT2D eigenvalue weighted by molar-refractivity contribution is 7.09. The topological polar surface area (TPSA) is 83.5 Å². The molecule has 1 N–H and O–H groups in total. The van der Waals surface area contributed by atoms with Crippen LogP contribution in [0.25, 0.3) is 10.7 Å². The van der Waals surface area contributed by atoms with Gasteiger partial charge in [0.25, 0.3) is 5.91 Å². The van der Waals surface area contributed by atoms with Crippen molar-refractivity contribution in [3.8, 4) is 10.7 Å². The van der Waals surface area contributed by atoms with Gasteiger partial charge in [0.2, 0.25) is 11.6 Å². The van der Waals surface area contributed by atoms with Gasteiger partial charge in [0.05, 0.1) is 11.9 Å². The van der Waals surface area contributed by atoms with Crippen LogP contribution in [0.1, 0.15) is 10.6 Å². The van der Waals surface area contributed by atoms with Crippen LogP contribution in [0.4, 0.5) is 18.9 Å². The van der Waals surface area contributed by atoms with Gasteiger partial charge in [-0.05, 0) is 23.7 Å². The molecule has 132 valence electrons. The van der Waals surface area contributed by atoms with Crippen molar-refractivity contribution in [1.29, 1.82) is 0 Å². The number of amides is 1. The predicted octanol–water partition coefficient (Wildman–Crippen LogP) is 1.96. The van der Waals surface area contributed by atoms with Crippen molar-refractivity contribution in [3.63, 3.8) is 0 Å². The first-order valence-corrected chi connectivity index (χ1v) is 7.55. The van der Waals surface area contributed by atoms with Gasteiger partial charge in [-0.15, -0.1) is 0 Å². The van der Waals surface area contributed by atoms with Crippen molar-refractivity contribution in [2.75, 3.05) is 19.1 Å². The van der Waals surface area contributed by atoms with Gasteiger partial charge in [0.1, 0.15) is 5.69 Å². The summed E-state index contributed by atoms with van der Waals surface area (Å²) in [5.41, 5.74) is 2.86. The van der Waals surface area contributed by atoms with Gasteiger partial charge in [-0.25, -0.2) is 9.99 Å². The van der Waals surface area contributed by atoms with Gasteiger partial charge in [-0.3, -0.25) is 9.78 Å².